The van der Waals surface area contributed by atoms with Crippen LogP contribution in [0.15, 0.2) is 12.3 Å². The van der Waals surface area contributed by atoms with E-state index in [0.29, 0.717) is 0 Å². The van der Waals surface area contributed by atoms with Crippen molar-refractivity contribution in [2.75, 3.05) is 11.5 Å². The predicted molar refractivity (Wildman–Crippen MR) is 63.3 cm³/mol. The van der Waals surface area contributed by atoms with Gasteiger partial charge in [0, 0.05) is 12.2 Å². The van der Waals surface area contributed by atoms with Gasteiger partial charge in [-0.15, -0.1) is 0 Å². The fourth-order valence-electron chi connectivity index (χ4n) is 1.89. The van der Waals surface area contributed by atoms with E-state index in [9.17, 15) is 22.0 Å². The normalized spacial score (nSPS) is 19.1. The number of halogens is 2. The maximum Gasteiger partial charge on any atom is 0.254 e. The number of nitrogens with zero attached hydrogens (tertiary/aromatic N) is 1. The maximum atomic E-state index is 13.3. The highest BCUT2D eigenvalue weighted by molar-refractivity contribution is 7.91. The fourth-order valence-corrected chi connectivity index (χ4v) is 3.38. The second-order valence-electron chi connectivity index (χ2n) is 4.36. The molecule has 1 aromatic rings. The highest BCUT2D eigenvalue weighted by atomic mass is 32.2. The van der Waals surface area contributed by atoms with Crippen LogP contribution in [0.25, 0.3) is 0 Å². The Morgan fingerprint density at radius 3 is 2.58 bits per heavy atom. The zero-order valence-corrected chi connectivity index (χ0v) is 10.7. The predicted octanol–water partition coefficient (Wildman–Crippen LogP) is 0.667. The van der Waals surface area contributed by atoms with Crippen molar-refractivity contribution >= 4 is 15.7 Å². The summed E-state index contributed by atoms with van der Waals surface area (Å²) in [6, 6.07) is 0.736. The molecular weight excluding hydrogens is 278 g/mol. The minimum absolute atomic E-state index is 0.00879. The van der Waals surface area contributed by atoms with Crippen LogP contribution in [0, 0.1) is 11.8 Å². The van der Waals surface area contributed by atoms with Crippen molar-refractivity contribution in [1.29, 1.82) is 0 Å². The minimum Gasteiger partial charge on any atom is -0.349 e. The molecule has 1 amide bonds. The molecule has 0 unspecified atom stereocenters. The van der Waals surface area contributed by atoms with Crippen molar-refractivity contribution in [3.63, 3.8) is 0 Å². The number of carbonyl (C=O) groups excluding carboxylic acids is 1. The molecule has 1 aliphatic rings. The summed E-state index contributed by atoms with van der Waals surface area (Å²) < 4.78 is 48.6. The molecule has 2 rings (SSSR count). The van der Waals surface area contributed by atoms with E-state index in [4.69, 9.17) is 0 Å². The number of rotatable bonds is 2. The first kappa shape index (κ1) is 13.9. The first-order chi connectivity index (χ1) is 8.89. The lowest BCUT2D eigenvalue weighted by Gasteiger charge is -2.23. The molecule has 0 aliphatic carbocycles. The van der Waals surface area contributed by atoms with Crippen molar-refractivity contribution in [1.82, 2.24) is 10.3 Å². The van der Waals surface area contributed by atoms with Gasteiger partial charge < -0.3 is 5.32 Å². The van der Waals surface area contributed by atoms with Crippen LogP contribution in [0.2, 0.25) is 0 Å². The molecule has 19 heavy (non-hydrogen) atoms. The fraction of sp³-hybridized carbons (Fsp3) is 0.455. The van der Waals surface area contributed by atoms with E-state index in [2.05, 4.69) is 10.3 Å². The van der Waals surface area contributed by atoms with E-state index in [1.807, 2.05) is 0 Å². The molecule has 1 fully saturated rings. The molecule has 0 aromatic carbocycles. The second kappa shape index (κ2) is 5.20. The van der Waals surface area contributed by atoms with E-state index in [1.165, 1.54) is 0 Å². The third-order valence-electron chi connectivity index (χ3n) is 2.98. The molecule has 1 saturated heterocycles. The Kier molecular flexibility index (Phi) is 3.79. The van der Waals surface area contributed by atoms with Gasteiger partial charge >= 0.3 is 0 Å². The van der Waals surface area contributed by atoms with E-state index in [1.54, 1.807) is 0 Å². The van der Waals surface area contributed by atoms with E-state index in [0.717, 1.165) is 12.3 Å². The summed E-state index contributed by atoms with van der Waals surface area (Å²) in [6.07, 6.45) is 1.56. The third kappa shape index (κ3) is 3.25. The summed E-state index contributed by atoms with van der Waals surface area (Å²) in [6.45, 7) is 0. The Balaban J connectivity index is 2.04. The van der Waals surface area contributed by atoms with Gasteiger partial charge in [-0.3, -0.25) is 4.79 Å². The molecule has 5 nitrogen and oxygen atoms in total. The molecule has 0 bridgehead atoms. The van der Waals surface area contributed by atoms with Crippen LogP contribution in [-0.2, 0) is 9.84 Å². The zero-order valence-electron chi connectivity index (χ0n) is 9.90. The maximum absolute atomic E-state index is 13.3. The number of hydrogen-bond donors (Lipinski definition) is 1. The Morgan fingerprint density at radius 1 is 1.32 bits per heavy atom. The van der Waals surface area contributed by atoms with Gasteiger partial charge in [0.15, 0.2) is 5.82 Å². The number of sulfone groups is 1. The van der Waals surface area contributed by atoms with Gasteiger partial charge in [-0.1, -0.05) is 0 Å². The number of amides is 1. The SMILES string of the molecule is O=C(NC1CCS(=O)(=O)CC1)c1ccnc(F)c1F. The Morgan fingerprint density at radius 2 is 1.95 bits per heavy atom. The van der Waals surface area contributed by atoms with Crippen molar-refractivity contribution in [3.05, 3.63) is 29.6 Å². The highest BCUT2D eigenvalue weighted by Crippen LogP contribution is 2.14. The smallest absolute Gasteiger partial charge is 0.254 e. The summed E-state index contributed by atoms with van der Waals surface area (Å²) in [7, 11) is -3.03. The second-order valence-corrected chi connectivity index (χ2v) is 6.67. The Labute approximate surface area is 109 Å². The molecule has 1 N–H and O–H groups in total. The van der Waals surface area contributed by atoms with Crippen molar-refractivity contribution in [3.8, 4) is 0 Å². The molecule has 1 aliphatic heterocycles. The van der Waals surface area contributed by atoms with E-state index in [-0.39, 0.29) is 30.4 Å². The Bertz CT molecular complexity index is 590. The quantitative estimate of drug-likeness (QED) is 0.812. The number of pyridine rings is 1. The lowest BCUT2D eigenvalue weighted by Crippen LogP contribution is -2.41. The molecule has 0 atom stereocenters. The summed E-state index contributed by atoms with van der Waals surface area (Å²) in [5.74, 6) is -3.42. The standard InChI is InChI=1S/C11H12F2N2O3S/c12-9-8(1-4-14-10(9)13)11(16)15-7-2-5-19(17,18)6-3-7/h1,4,7H,2-3,5-6H2,(H,15,16). The van der Waals surface area contributed by atoms with Gasteiger partial charge in [0.25, 0.3) is 5.91 Å². The summed E-state index contributed by atoms with van der Waals surface area (Å²) in [5, 5.41) is 2.50. The molecule has 0 spiro atoms. The molecule has 8 heteroatoms. The van der Waals surface area contributed by atoms with Crippen molar-refractivity contribution < 1.29 is 22.0 Å². The first-order valence-corrected chi connectivity index (χ1v) is 7.52. The Hall–Kier alpha value is -1.57. The van der Waals surface area contributed by atoms with Gasteiger partial charge in [0.05, 0.1) is 17.1 Å². The third-order valence-corrected chi connectivity index (χ3v) is 4.70. The van der Waals surface area contributed by atoms with Crippen LogP contribution in [0.4, 0.5) is 8.78 Å². The van der Waals surface area contributed by atoms with Crippen molar-refractivity contribution in [2.24, 2.45) is 0 Å². The van der Waals surface area contributed by atoms with Crippen LogP contribution in [-0.4, -0.2) is 36.9 Å². The van der Waals surface area contributed by atoms with Gasteiger partial charge in [-0.25, -0.2) is 17.8 Å². The van der Waals surface area contributed by atoms with Gasteiger partial charge in [0.2, 0.25) is 5.95 Å². The highest BCUT2D eigenvalue weighted by Gasteiger charge is 2.26. The van der Waals surface area contributed by atoms with Crippen molar-refractivity contribution in [2.45, 2.75) is 18.9 Å². The number of nitrogens with one attached hydrogen (secondary N) is 1. The molecule has 0 saturated carbocycles. The molecular formula is C11H12F2N2O3S. The summed E-state index contributed by atoms with van der Waals surface area (Å²) in [4.78, 5) is 14.8. The minimum atomic E-state index is -3.03. The molecule has 104 valence electrons. The monoisotopic (exact) mass is 290 g/mol. The average molecular weight is 290 g/mol. The lowest BCUT2D eigenvalue weighted by molar-refractivity contribution is 0.0928. The largest absolute Gasteiger partial charge is 0.349 e. The van der Waals surface area contributed by atoms with Crippen LogP contribution in [0.1, 0.15) is 23.2 Å². The molecule has 0 radical (unpaired) electrons. The van der Waals surface area contributed by atoms with E-state index < -0.39 is 33.1 Å². The number of hydrogen-bond acceptors (Lipinski definition) is 4. The summed E-state index contributed by atoms with van der Waals surface area (Å²) >= 11 is 0. The van der Waals surface area contributed by atoms with Crippen LogP contribution < -0.4 is 5.32 Å². The lowest BCUT2D eigenvalue weighted by atomic mass is 10.1. The molecule has 2 heterocycles. The zero-order chi connectivity index (χ0) is 14.0. The summed E-state index contributed by atoms with van der Waals surface area (Å²) in [5.41, 5.74) is -0.430. The van der Waals surface area contributed by atoms with E-state index >= 15 is 0 Å². The van der Waals surface area contributed by atoms with Gasteiger partial charge in [-0.2, -0.15) is 4.39 Å². The number of carbonyl (C=O) groups is 1. The molecule has 1 aromatic heterocycles. The van der Waals surface area contributed by atoms with Crippen LogP contribution >= 0.6 is 0 Å². The van der Waals surface area contributed by atoms with Gasteiger partial charge in [0.1, 0.15) is 9.84 Å². The van der Waals surface area contributed by atoms with Gasteiger partial charge in [-0.05, 0) is 18.9 Å². The van der Waals surface area contributed by atoms with Crippen LogP contribution in [0.3, 0.4) is 0 Å². The topological polar surface area (TPSA) is 76.1 Å². The number of aromatic nitrogens is 1. The van der Waals surface area contributed by atoms with Crippen LogP contribution in [0.5, 0.6) is 0 Å². The average Bonchev–Trinajstić information content (AvgIpc) is 2.35. The first-order valence-electron chi connectivity index (χ1n) is 5.70.